The molecule has 0 spiro atoms. The number of hydrogen-bond acceptors (Lipinski definition) is 3. The van der Waals surface area contributed by atoms with Crippen molar-refractivity contribution in [3.8, 4) is 0 Å². The van der Waals surface area contributed by atoms with E-state index in [9.17, 15) is 4.79 Å². The molecule has 0 saturated carbocycles. The summed E-state index contributed by atoms with van der Waals surface area (Å²) < 4.78 is 5.04. The van der Waals surface area contributed by atoms with Crippen molar-refractivity contribution in [2.45, 2.75) is 40.0 Å². The van der Waals surface area contributed by atoms with Crippen molar-refractivity contribution in [2.75, 3.05) is 26.2 Å². The molecule has 6 heteroatoms. The van der Waals surface area contributed by atoms with Gasteiger partial charge in [-0.1, -0.05) is 26.7 Å². The van der Waals surface area contributed by atoms with Crippen LogP contribution in [0.3, 0.4) is 0 Å². The zero-order valence-electron chi connectivity index (χ0n) is 14.5. The Hall–Kier alpha value is -1.98. The molecule has 0 aliphatic heterocycles. The molecular formula is C17H30N4O2. The van der Waals surface area contributed by atoms with Crippen LogP contribution in [0.2, 0.25) is 0 Å². The van der Waals surface area contributed by atoms with Gasteiger partial charge in [0.2, 0.25) is 0 Å². The molecule has 0 atom stereocenters. The van der Waals surface area contributed by atoms with E-state index in [1.807, 2.05) is 6.92 Å². The SMILES string of the molecule is CCNC(=NCCCCC(C)C)NCCNC(=O)c1ccco1. The van der Waals surface area contributed by atoms with Crippen LogP contribution in [0.25, 0.3) is 0 Å². The topological polar surface area (TPSA) is 78.7 Å². The Morgan fingerprint density at radius 1 is 1.22 bits per heavy atom. The Balaban J connectivity index is 2.20. The second kappa shape index (κ2) is 11.6. The number of rotatable bonds is 10. The first kappa shape index (κ1) is 19.1. The van der Waals surface area contributed by atoms with E-state index in [1.54, 1.807) is 12.1 Å². The number of guanidine groups is 1. The summed E-state index contributed by atoms with van der Waals surface area (Å²) in [6.07, 6.45) is 5.05. The molecule has 130 valence electrons. The van der Waals surface area contributed by atoms with Crippen LogP contribution in [0.15, 0.2) is 27.8 Å². The summed E-state index contributed by atoms with van der Waals surface area (Å²) in [4.78, 5) is 16.2. The molecule has 1 aromatic heterocycles. The lowest BCUT2D eigenvalue weighted by Crippen LogP contribution is -2.41. The van der Waals surface area contributed by atoms with Crippen LogP contribution in [-0.2, 0) is 0 Å². The fourth-order valence-corrected chi connectivity index (χ4v) is 2.05. The fourth-order valence-electron chi connectivity index (χ4n) is 2.05. The van der Waals surface area contributed by atoms with Gasteiger partial charge < -0.3 is 20.4 Å². The molecule has 0 aliphatic carbocycles. The monoisotopic (exact) mass is 322 g/mol. The van der Waals surface area contributed by atoms with Crippen molar-refractivity contribution < 1.29 is 9.21 Å². The van der Waals surface area contributed by atoms with Gasteiger partial charge in [0.25, 0.3) is 5.91 Å². The van der Waals surface area contributed by atoms with Gasteiger partial charge in [0.15, 0.2) is 11.7 Å². The molecule has 0 radical (unpaired) electrons. The van der Waals surface area contributed by atoms with Crippen LogP contribution in [0.5, 0.6) is 0 Å². The maximum atomic E-state index is 11.7. The number of hydrogen-bond donors (Lipinski definition) is 3. The summed E-state index contributed by atoms with van der Waals surface area (Å²) in [6.45, 7) is 9.28. The number of carbonyl (C=O) groups excluding carboxylic acids is 1. The highest BCUT2D eigenvalue weighted by Gasteiger charge is 2.06. The van der Waals surface area contributed by atoms with E-state index in [0.29, 0.717) is 18.8 Å². The van der Waals surface area contributed by atoms with Gasteiger partial charge in [-0.25, -0.2) is 0 Å². The highest BCUT2D eigenvalue weighted by atomic mass is 16.3. The van der Waals surface area contributed by atoms with Crippen LogP contribution in [-0.4, -0.2) is 38.0 Å². The van der Waals surface area contributed by atoms with Crippen LogP contribution >= 0.6 is 0 Å². The number of nitrogens with one attached hydrogen (secondary N) is 3. The number of unbranched alkanes of at least 4 members (excludes halogenated alkanes) is 1. The molecule has 0 bridgehead atoms. The van der Waals surface area contributed by atoms with E-state index in [0.717, 1.165) is 31.4 Å². The maximum absolute atomic E-state index is 11.7. The van der Waals surface area contributed by atoms with Crippen molar-refractivity contribution in [1.82, 2.24) is 16.0 Å². The van der Waals surface area contributed by atoms with Gasteiger partial charge in [0.05, 0.1) is 6.26 Å². The molecule has 0 fully saturated rings. The Kier molecular flexibility index (Phi) is 9.59. The zero-order valence-corrected chi connectivity index (χ0v) is 14.5. The molecule has 3 N–H and O–H groups in total. The van der Waals surface area contributed by atoms with E-state index < -0.39 is 0 Å². The molecule has 1 heterocycles. The smallest absolute Gasteiger partial charge is 0.287 e. The van der Waals surface area contributed by atoms with Gasteiger partial charge in [-0.3, -0.25) is 9.79 Å². The third-order valence-corrected chi connectivity index (χ3v) is 3.25. The predicted molar refractivity (Wildman–Crippen MR) is 93.7 cm³/mol. The molecule has 1 amide bonds. The molecule has 0 aliphatic rings. The van der Waals surface area contributed by atoms with Crippen LogP contribution in [0.1, 0.15) is 50.6 Å². The van der Waals surface area contributed by atoms with Crippen LogP contribution in [0.4, 0.5) is 0 Å². The zero-order chi connectivity index (χ0) is 16.9. The van der Waals surface area contributed by atoms with Gasteiger partial charge in [0, 0.05) is 26.2 Å². The van der Waals surface area contributed by atoms with Crippen LogP contribution < -0.4 is 16.0 Å². The molecule has 0 saturated heterocycles. The molecule has 0 unspecified atom stereocenters. The summed E-state index contributed by atoms with van der Waals surface area (Å²) in [6, 6.07) is 3.34. The Bertz CT molecular complexity index is 455. The van der Waals surface area contributed by atoms with Crippen molar-refractivity contribution in [3.63, 3.8) is 0 Å². The average Bonchev–Trinajstić information content (AvgIpc) is 3.05. The Morgan fingerprint density at radius 3 is 2.65 bits per heavy atom. The quantitative estimate of drug-likeness (QED) is 0.351. The summed E-state index contributed by atoms with van der Waals surface area (Å²) in [5, 5.41) is 9.21. The van der Waals surface area contributed by atoms with Crippen molar-refractivity contribution in [2.24, 2.45) is 10.9 Å². The number of carbonyl (C=O) groups is 1. The lowest BCUT2D eigenvalue weighted by molar-refractivity contribution is 0.0926. The highest BCUT2D eigenvalue weighted by molar-refractivity contribution is 5.91. The molecule has 1 aromatic rings. The highest BCUT2D eigenvalue weighted by Crippen LogP contribution is 2.05. The summed E-state index contributed by atoms with van der Waals surface area (Å²) >= 11 is 0. The minimum Gasteiger partial charge on any atom is -0.459 e. The standard InChI is InChI=1S/C17H30N4O2/c1-4-18-17(20-10-6-5-8-14(2)3)21-12-11-19-16(22)15-9-7-13-23-15/h7,9,13-14H,4-6,8,10-12H2,1-3H3,(H,19,22)(H2,18,20,21). The first-order chi connectivity index (χ1) is 11.1. The van der Waals surface area contributed by atoms with E-state index >= 15 is 0 Å². The van der Waals surface area contributed by atoms with E-state index in [2.05, 4.69) is 34.8 Å². The van der Waals surface area contributed by atoms with Gasteiger partial charge in [-0.05, 0) is 31.4 Å². The minimum absolute atomic E-state index is 0.201. The summed E-state index contributed by atoms with van der Waals surface area (Å²) in [5.41, 5.74) is 0. The Labute approximate surface area is 139 Å². The predicted octanol–water partition coefficient (Wildman–Crippen LogP) is 2.39. The third kappa shape index (κ3) is 8.90. The van der Waals surface area contributed by atoms with Gasteiger partial charge in [-0.2, -0.15) is 0 Å². The lowest BCUT2D eigenvalue weighted by atomic mass is 10.1. The molecular weight excluding hydrogens is 292 g/mol. The Morgan fingerprint density at radius 2 is 2.00 bits per heavy atom. The van der Waals surface area contributed by atoms with E-state index in [-0.39, 0.29) is 5.91 Å². The van der Waals surface area contributed by atoms with Gasteiger partial charge in [-0.15, -0.1) is 0 Å². The number of furan rings is 1. The van der Waals surface area contributed by atoms with Crippen molar-refractivity contribution in [3.05, 3.63) is 24.2 Å². The fraction of sp³-hybridized carbons (Fsp3) is 0.647. The molecule has 0 aromatic carbocycles. The first-order valence-corrected chi connectivity index (χ1v) is 8.47. The minimum atomic E-state index is -0.201. The second-order valence-electron chi connectivity index (χ2n) is 5.81. The normalized spacial score (nSPS) is 11.6. The number of amides is 1. The van der Waals surface area contributed by atoms with Crippen molar-refractivity contribution >= 4 is 11.9 Å². The lowest BCUT2D eigenvalue weighted by Gasteiger charge is -2.11. The van der Waals surface area contributed by atoms with E-state index in [4.69, 9.17) is 4.42 Å². The average molecular weight is 322 g/mol. The number of nitrogens with zero attached hydrogens (tertiary/aromatic N) is 1. The first-order valence-electron chi connectivity index (χ1n) is 8.47. The largest absolute Gasteiger partial charge is 0.459 e. The third-order valence-electron chi connectivity index (χ3n) is 3.25. The van der Waals surface area contributed by atoms with E-state index in [1.165, 1.54) is 19.1 Å². The molecule has 6 nitrogen and oxygen atoms in total. The maximum Gasteiger partial charge on any atom is 0.287 e. The summed E-state index contributed by atoms with van der Waals surface area (Å²) in [5.74, 6) is 1.68. The van der Waals surface area contributed by atoms with Crippen molar-refractivity contribution in [1.29, 1.82) is 0 Å². The summed E-state index contributed by atoms with van der Waals surface area (Å²) in [7, 11) is 0. The van der Waals surface area contributed by atoms with Crippen LogP contribution in [0, 0.1) is 5.92 Å². The van der Waals surface area contributed by atoms with Gasteiger partial charge >= 0.3 is 0 Å². The van der Waals surface area contributed by atoms with Gasteiger partial charge in [0.1, 0.15) is 0 Å². The molecule has 23 heavy (non-hydrogen) atoms. The number of aliphatic imine (C=N–C) groups is 1. The molecule has 1 rings (SSSR count). The second-order valence-corrected chi connectivity index (χ2v) is 5.81.